The topological polar surface area (TPSA) is 38.3 Å². The van der Waals surface area contributed by atoms with Gasteiger partial charge in [0.1, 0.15) is 5.75 Å². The highest BCUT2D eigenvalue weighted by Crippen LogP contribution is 2.27. The number of rotatable bonds is 6. The van der Waals surface area contributed by atoms with Gasteiger partial charge in [0.05, 0.1) is 27.8 Å². The standard InChI is InChI=1S/C16H18ClNO2S/c1-18-14(12-7-3-5-9-15(12)20-2)11-21(19)16-10-6-4-8-13(16)17/h3-10,14,18H,11H2,1-2H3. The molecule has 0 fully saturated rings. The van der Waals surface area contributed by atoms with Gasteiger partial charge in [-0.15, -0.1) is 0 Å². The van der Waals surface area contributed by atoms with Crippen molar-refractivity contribution in [2.45, 2.75) is 10.9 Å². The van der Waals surface area contributed by atoms with Crippen molar-refractivity contribution in [3.8, 4) is 5.75 Å². The lowest BCUT2D eigenvalue weighted by Crippen LogP contribution is -2.23. The van der Waals surface area contributed by atoms with Gasteiger partial charge in [-0.1, -0.05) is 41.9 Å². The number of halogens is 1. The summed E-state index contributed by atoms with van der Waals surface area (Å²) in [6.45, 7) is 0. The van der Waals surface area contributed by atoms with Gasteiger partial charge < -0.3 is 10.1 Å². The lowest BCUT2D eigenvalue weighted by Gasteiger charge is -2.19. The van der Waals surface area contributed by atoms with Crippen LogP contribution in [0.25, 0.3) is 0 Å². The number of methoxy groups -OCH3 is 1. The fraction of sp³-hybridized carbons (Fsp3) is 0.250. The van der Waals surface area contributed by atoms with Crippen molar-refractivity contribution in [2.75, 3.05) is 19.9 Å². The van der Waals surface area contributed by atoms with E-state index in [0.717, 1.165) is 11.3 Å². The normalized spacial score (nSPS) is 13.7. The Hall–Kier alpha value is -1.36. The molecule has 2 atom stereocenters. The summed E-state index contributed by atoms with van der Waals surface area (Å²) >= 11 is 6.11. The van der Waals surface area contributed by atoms with Gasteiger partial charge in [0.2, 0.25) is 0 Å². The van der Waals surface area contributed by atoms with E-state index in [1.54, 1.807) is 19.2 Å². The van der Waals surface area contributed by atoms with Crippen LogP contribution in [0.1, 0.15) is 11.6 Å². The van der Waals surface area contributed by atoms with Crippen LogP contribution in [0.5, 0.6) is 5.75 Å². The van der Waals surface area contributed by atoms with Crippen molar-refractivity contribution in [2.24, 2.45) is 0 Å². The predicted molar refractivity (Wildman–Crippen MR) is 87.5 cm³/mol. The van der Waals surface area contributed by atoms with Crippen molar-refractivity contribution in [1.82, 2.24) is 5.32 Å². The second kappa shape index (κ2) is 7.59. The molecule has 1 N–H and O–H groups in total. The third kappa shape index (κ3) is 3.84. The van der Waals surface area contributed by atoms with E-state index in [4.69, 9.17) is 16.3 Å². The molecule has 2 aromatic rings. The molecule has 112 valence electrons. The van der Waals surface area contributed by atoms with Crippen molar-refractivity contribution in [3.63, 3.8) is 0 Å². The zero-order valence-electron chi connectivity index (χ0n) is 12.0. The van der Waals surface area contributed by atoms with Crippen LogP contribution in [-0.4, -0.2) is 24.1 Å². The lowest BCUT2D eigenvalue weighted by atomic mass is 10.1. The summed E-state index contributed by atoms with van der Waals surface area (Å²) in [5.74, 6) is 1.22. The monoisotopic (exact) mass is 323 g/mol. The average Bonchev–Trinajstić information content (AvgIpc) is 2.52. The van der Waals surface area contributed by atoms with Crippen molar-refractivity contribution >= 4 is 22.4 Å². The van der Waals surface area contributed by atoms with Crippen LogP contribution in [0.2, 0.25) is 5.02 Å². The first-order valence-corrected chi connectivity index (χ1v) is 8.30. The smallest absolute Gasteiger partial charge is 0.123 e. The van der Waals surface area contributed by atoms with Gasteiger partial charge >= 0.3 is 0 Å². The van der Waals surface area contributed by atoms with Gasteiger partial charge in [0, 0.05) is 17.4 Å². The lowest BCUT2D eigenvalue weighted by molar-refractivity contribution is 0.404. The molecular weight excluding hydrogens is 306 g/mol. The molecule has 2 aromatic carbocycles. The molecule has 0 aliphatic rings. The van der Waals surface area contributed by atoms with E-state index < -0.39 is 10.8 Å². The van der Waals surface area contributed by atoms with E-state index in [1.165, 1.54) is 0 Å². The number of benzene rings is 2. The predicted octanol–water partition coefficient (Wildman–Crippen LogP) is 3.42. The summed E-state index contributed by atoms with van der Waals surface area (Å²) in [4.78, 5) is 0.661. The Bertz CT molecular complexity index is 633. The minimum absolute atomic E-state index is 0.0711. The SMILES string of the molecule is CNC(CS(=O)c1ccccc1Cl)c1ccccc1OC. The third-order valence-electron chi connectivity index (χ3n) is 3.26. The first-order chi connectivity index (χ1) is 10.2. The molecule has 0 saturated heterocycles. The molecule has 0 bridgehead atoms. The fourth-order valence-electron chi connectivity index (χ4n) is 2.15. The maximum absolute atomic E-state index is 12.6. The molecule has 0 aromatic heterocycles. The van der Waals surface area contributed by atoms with E-state index in [1.807, 2.05) is 43.4 Å². The second-order valence-corrected chi connectivity index (χ2v) is 6.40. The van der Waals surface area contributed by atoms with Gasteiger partial charge in [-0.3, -0.25) is 4.21 Å². The van der Waals surface area contributed by atoms with E-state index in [-0.39, 0.29) is 6.04 Å². The van der Waals surface area contributed by atoms with Crippen LogP contribution < -0.4 is 10.1 Å². The zero-order valence-corrected chi connectivity index (χ0v) is 13.6. The fourth-order valence-corrected chi connectivity index (χ4v) is 3.89. The van der Waals surface area contributed by atoms with Gasteiger partial charge in [0.15, 0.2) is 0 Å². The van der Waals surface area contributed by atoms with E-state index in [0.29, 0.717) is 15.7 Å². The molecule has 21 heavy (non-hydrogen) atoms. The molecule has 0 radical (unpaired) electrons. The largest absolute Gasteiger partial charge is 0.496 e. The Morgan fingerprint density at radius 2 is 1.86 bits per heavy atom. The Morgan fingerprint density at radius 3 is 2.52 bits per heavy atom. The Balaban J connectivity index is 2.23. The summed E-state index contributed by atoms with van der Waals surface area (Å²) in [5, 5.41) is 3.73. The highest BCUT2D eigenvalue weighted by molar-refractivity contribution is 7.85. The number of nitrogens with one attached hydrogen (secondary N) is 1. The molecule has 0 heterocycles. The molecule has 0 spiro atoms. The number of ether oxygens (including phenoxy) is 1. The van der Waals surface area contributed by atoms with Crippen LogP contribution in [0.15, 0.2) is 53.4 Å². The second-order valence-electron chi connectivity index (χ2n) is 4.53. The summed E-state index contributed by atoms with van der Waals surface area (Å²) in [5.41, 5.74) is 0.989. The Labute approximate surface area is 132 Å². The molecule has 3 nitrogen and oxygen atoms in total. The summed E-state index contributed by atoms with van der Waals surface area (Å²) in [6.07, 6.45) is 0. The quantitative estimate of drug-likeness (QED) is 0.885. The summed E-state index contributed by atoms with van der Waals surface area (Å²) in [7, 11) is 2.30. The van der Waals surface area contributed by atoms with Crippen LogP contribution in [0.4, 0.5) is 0 Å². The maximum atomic E-state index is 12.6. The Morgan fingerprint density at radius 1 is 1.19 bits per heavy atom. The highest BCUT2D eigenvalue weighted by atomic mass is 35.5. The summed E-state index contributed by atoms with van der Waals surface area (Å²) in [6, 6.07) is 14.9. The van der Waals surface area contributed by atoms with Crippen molar-refractivity contribution < 1.29 is 8.95 Å². The molecular formula is C16H18ClNO2S. The minimum Gasteiger partial charge on any atom is -0.496 e. The molecule has 2 rings (SSSR count). The van der Waals surface area contributed by atoms with Crippen LogP contribution in [-0.2, 0) is 10.8 Å². The number of hydrogen-bond donors (Lipinski definition) is 1. The van der Waals surface area contributed by atoms with Crippen molar-refractivity contribution in [1.29, 1.82) is 0 Å². The molecule has 2 unspecified atom stereocenters. The molecule has 0 aliphatic heterocycles. The van der Waals surface area contributed by atoms with Gasteiger partial charge in [-0.25, -0.2) is 0 Å². The molecule has 0 saturated carbocycles. The minimum atomic E-state index is -1.19. The van der Waals surface area contributed by atoms with E-state index in [2.05, 4.69) is 5.32 Å². The molecule has 0 amide bonds. The molecule has 5 heteroatoms. The van der Waals surface area contributed by atoms with Gasteiger partial charge in [0.25, 0.3) is 0 Å². The van der Waals surface area contributed by atoms with Crippen LogP contribution in [0, 0.1) is 0 Å². The van der Waals surface area contributed by atoms with Crippen LogP contribution >= 0.6 is 11.6 Å². The van der Waals surface area contributed by atoms with Crippen molar-refractivity contribution in [3.05, 3.63) is 59.1 Å². The Kier molecular flexibility index (Phi) is 5.79. The average molecular weight is 324 g/mol. The highest BCUT2D eigenvalue weighted by Gasteiger charge is 2.19. The van der Waals surface area contributed by atoms with Crippen LogP contribution in [0.3, 0.4) is 0 Å². The maximum Gasteiger partial charge on any atom is 0.123 e. The van der Waals surface area contributed by atoms with Gasteiger partial charge in [-0.2, -0.15) is 0 Å². The van der Waals surface area contributed by atoms with E-state index in [9.17, 15) is 4.21 Å². The first kappa shape index (κ1) is 16.0. The number of hydrogen-bond acceptors (Lipinski definition) is 3. The summed E-state index contributed by atoms with van der Waals surface area (Å²) < 4.78 is 17.9. The number of para-hydroxylation sites is 1. The van der Waals surface area contributed by atoms with E-state index >= 15 is 0 Å². The first-order valence-electron chi connectivity index (χ1n) is 6.60. The zero-order chi connectivity index (χ0) is 15.2. The third-order valence-corrected chi connectivity index (χ3v) is 5.19. The van der Waals surface area contributed by atoms with Gasteiger partial charge in [-0.05, 0) is 25.2 Å². The molecule has 0 aliphatic carbocycles.